The van der Waals surface area contributed by atoms with E-state index in [2.05, 4.69) is 17.6 Å². The van der Waals surface area contributed by atoms with E-state index in [4.69, 9.17) is 0 Å². The van der Waals surface area contributed by atoms with Crippen LogP contribution in [0.4, 0.5) is 0 Å². The van der Waals surface area contributed by atoms with E-state index in [1.165, 1.54) is 51.6 Å². The minimum Gasteiger partial charge on any atom is -0.314 e. The van der Waals surface area contributed by atoms with Crippen molar-refractivity contribution in [3.63, 3.8) is 0 Å². The van der Waals surface area contributed by atoms with Crippen molar-refractivity contribution in [3.05, 3.63) is 0 Å². The van der Waals surface area contributed by atoms with Gasteiger partial charge in [0, 0.05) is 12.1 Å². The molecule has 0 aliphatic carbocycles. The van der Waals surface area contributed by atoms with Crippen LogP contribution in [0.15, 0.2) is 0 Å². The van der Waals surface area contributed by atoms with Crippen LogP contribution in [-0.2, 0) is 0 Å². The average Bonchev–Trinajstić information content (AvgIpc) is 2.19. The fraction of sp³-hybridized carbons (Fsp3) is 1.00. The molecule has 0 radical (unpaired) electrons. The first-order valence-corrected chi connectivity index (χ1v) is 6.31. The monoisotopic (exact) mass is 196 g/mol. The highest BCUT2D eigenvalue weighted by Crippen LogP contribution is 2.20. The quantitative estimate of drug-likeness (QED) is 0.705. The Balaban J connectivity index is 1.72. The van der Waals surface area contributed by atoms with Gasteiger partial charge >= 0.3 is 0 Å². The fourth-order valence-corrected chi connectivity index (χ4v) is 2.87. The second-order valence-electron chi connectivity index (χ2n) is 5.16. The number of nitrogens with one attached hydrogen (secondary N) is 2. The Morgan fingerprint density at radius 3 is 2.57 bits per heavy atom. The molecule has 2 fully saturated rings. The fourth-order valence-electron chi connectivity index (χ4n) is 2.87. The number of piperidine rings is 2. The maximum Gasteiger partial charge on any atom is 0.00844 e. The van der Waals surface area contributed by atoms with Gasteiger partial charge in [-0.05, 0) is 51.1 Å². The molecule has 2 heteroatoms. The lowest BCUT2D eigenvalue weighted by molar-refractivity contribution is 0.266. The number of hydrogen-bond acceptors (Lipinski definition) is 2. The van der Waals surface area contributed by atoms with E-state index in [9.17, 15) is 0 Å². The molecule has 2 aliphatic rings. The Bertz CT molecular complexity index is 164. The third kappa shape index (κ3) is 2.96. The zero-order chi connectivity index (χ0) is 9.80. The van der Waals surface area contributed by atoms with Crippen molar-refractivity contribution in [2.75, 3.05) is 13.1 Å². The van der Waals surface area contributed by atoms with Gasteiger partial charge in [0.05, 0.1) is 0 Å². The Labute approximate surface area is 87.8 Å². The third-order valence-corrected chi connectivity index (χ3v) is 3.74. The summed E-state index contributed by atoms with van der Waals surface area (Å²) < 4.78 is 0. The normalized spacial score (nSPS) is 39.6. The molecule has 0 bridgehead atoms. The molecule has 0 aromatic heterocycles. The smallest absolute Gasteiger partial charge is 0.00844 e. The lowest BCUT2D eigenvalue weighted by Gasteiger charge is -2.33. The lowest BCUT2D eigenvalue weighted by atomic mass is 9.88. The molecule has 3 unspecified atom stereocenters. The minimum absolute atomic E-state index is 0.786. The SMILES string of the molecule is CC1CCNC(CC2CCCCN2)C1. The van der Waals surface area contributed by atoms with Crippen molar-refractivity contribution in [3.8, 4) is 0 Å². The molecule has 14 heavy (non-hydrogen) atoms. The molecule has 2 heterocycles. The van der Waals surface area contributed by atoms with Crippen LogP contribution in [-0.4, -0.2) is 25.2 Å². The van der Waals surface area contributed by atoms with E-state index in [0.29, 0.717) is 0 Å². The summed E-state index contributed by atoms with van der Waals surface area (Å²) in [5, 5.41) is 7.30. The Kier molecular flexibility index (Phi) is 3.82. The van der Waals surface area contributed by atoms with Gasteiger partial charge in [-0.25, -0.2) is 0 Å². The maximum atomic E-state index is 3.66. The van der Waals surface area contributed by atoms with E-state index in [-0.39, 0.29) is 0 Å². The minimum atomic E-state index is 0.786. The summed E-state index contributed by atoms with van der Waals surface area (Å²) in [7, 11) is 0. The third-order valence-electron chi connectivity index (χ3n) is 3.74. The Hall–Kier alpha value is -0.0800. The van der Waals surface area contributed by atoms with Crippen LogP contribution in [0.5, 0.6) is 0 Å². The second-order valence-corrected chi connectivity index (χ2v) is 5.16. The van der Waals surface area contributed by atoms with Gasteiger partial charge < -0.3 is 10.6 Å². The van der Waals surface area contributed by atoms with Gasteiger partial charge in [0.2, 0.25) is 0 Å². The molecule has 0 amide bonds. The van der Waals surface area contributed by atoms with Gasteiger partial charge in [-0.3, -0.25) is 0 Å². The van der Waals surface area contributed by atoms with E-state index >= 15 is 0 Å². The summed E-state index contributed by atoms with van der Waals surface area (Å²) in [5.74, 6) is 0.935. The molecule has 2 aliphatic heterocycles. The van der Waals surface area contributed by atoms with Crippen LogP contribution in [0.3, 0.4) is 0 Å². The van der Waals surface area contributed by atoms with Crippen LogP contribution < -0.4 is 10.6 Å². The van der Waals surface area contributed by atoms with Gasteiger partial charge in [-0.1, -0.05) is 13.3 Å². The first kappa shape index (κ1) is 10.4. The van der Waals surface area contributed by atoms with Crippen molar-refractivity contribution >= 4 is 0 Å². The van der Waals surface area contributed by atoms with Gasteiger partial charge in [0.1, 0.15) is 0 Å². The highest BCUT2D eigenvalue weighted by atomic mass is 15.0. The number of hydrogen-bond donors (Lipinski definition) is 2. The summed E-state index contributed by atoms with van der Waals surface area (Å²) in [5.41, 5.74) is 0. The average molecular weight is 196 g/mol. The van der Waals surface area contributed by atoms with E-state index < -0.39 is 0 Å². The lowest BCUT2D eigenvalue weighted by Crippen LogP contribution is -2.44. The van der Waals surface area contributed by atoms with Crippen LogP contribution in [0.1, 0.15) is 45.4 Å². The molecule has 3 atom stereocenters. The molecule has 0 saturated carbocycles. The van der Waals surface area contributed by atoms with Crippen molar-refractivity contribution < 1.29 is 0 Å². The van der Waals surface area contributed by atoms with Gasteiger partial charge in [0.15, 0.2) is 0 Å². The second kappa shape index (κ2) is 5.13. The summed E-state index contributed by atoms with van der Waals surface area (Å²) in [6, 6.07) is 1.58. The summed E-state index contributed by atoms with van der Waals surface area (Å²) in [6.07, 6.45) is 8.31. The largest absolute Gasteiger partial charge is 0.314 e. The van der Waals surface area contributed by atoms with E-state index in [1.807, 2.05) is 0 Å². The van der Waals surface area contributed by atoms with Crippen molar-refractivity contribution in [1.82, 2.24) is 10.6 Å². The molecule has 2 rings (SSSR count). The van der Waals surface area contributed by atoms with Crippen LogP contribution in [0, 0.1) is 5.92 Å². The first-order valence-electron chi connectivity index (χ1n) is 6.31. The zero-order valence-electron chi connectivity index (χ0n) is 9.39. The maximum absolute atomic E-state index is 3.66. The number of rotatable bonds is 2. The molecule has 0 aromatic carbocycles. The summed E-state index contributed by atoms with van der Waals surface area (Å²) in [6.45, 7) is 4.87. The molecule has 0 spiro atoms. The van der Waals surface area contributed by atoms with E-state index in [0.717, 1.165) is 18.0 Å². The molecule has 2 saturated heterocycles. The van der Waals surface area contributed by atoms with Crippen molar-refractivity contribution in [2.45, 2.75) is 57.5 Å². The van der Waals surface area contributed by atoms with Crippen molar-refractivity contribution in [2.24, 2.45) is 5.92 Å². The van der Waals surface area contributed by atoms with Gasteiger partial charge in [0.25, 0.3) is 0 Å². The molecule has 82 valence electrons. The summed E-state index contributed by atoms with van der Waals surface area (Å²) in [4.78, 5) is 0. The molecular formula is C12H24N2. The van der Waals surface area contributed by atoms with Crippen LogP contribution in [0.25, 0.3) is 0 Å². The van der Waals surface area contributed by atoms with Crippen LogP contribution in [0.2, 0.25) is 0 Å². The highest BCUT2D eigenvalue weighted by Gasteiger charge is 2.22. The zero-order valence-corrected chi connectivity index (χ0v) is 9.39. The van der Waals surface area contributed by atoms with Gasteiger partial charge in [-0.2, -0.15) is 0 Å². The predicted molar refractivity (Wildman–Crippen MR) is 60.4 cm³/mol. The van der Waals surface area contributed by atoms with Crippen LogP contribution >= 0.6 is 0 Å². The van der Waals surface area contributed by atoms with Gasteiger partial charge in [-0.15, -0.1) is 0 Å². The molecular weight excluding hydrogens is 172 g/mol. The summed E-state index contributed by atoms with van der Waals surface area (Å²) >= 11 is 0. The first-order chi connectivity index (χ1) is 6.84. The molecule has 2 nitrogen and oxygen atoms in total. The Morgan fingerprint density at radius 2 is 1.86 bits per heavy atom. The standard InChI is InChI=1S/C12H24N2/c1-10-5-7-14-12(8-10)9-11-4-2-3-6-13-11/h10-14H,2-9H2,1H3. The topological polar surface area (TPSA) is 24.1 Å². The molecule has 0 aromatic rings. The van der Waals surface area contributed by atoms with Crippen molar-refractivity contribution in [1.29, 1.82) is 0 Å². The molecule has 2 N–H and O–H groups in total. The van der Waals surface area contributed by atoms with E-state index in [1.54, 1.807) is 0 Å². The highest BCUT2D eigenvalue weighted by molar-refractivity contribution is 4.82. The predicted octanol–water partition coefficient (Wildman–Crippen LogP) is 1.91. The Morgan fingerprint density at radius 1 is 1.00 bits per heavy atom.